The summed E-state index contributed by atoms with van der Waals surface area (Å²) in [4.78, 5) is 45.5. The molecule has 200 valence electrons. The van der Waals surface area contributed by atoms with Gasteiger partial charge in [-0.25, -0.2) is 4.98 Å². The highest BCUT2D eigenvalue weighted by molar-refractivity contribution is 9.10. The fraction of sp³-hybridized carbons (Fsp3) is 0.250. The van der Waals surface area contributed by atoms with E-state index in [4.69, 9.17) is 9.26 Å². The minimum atomic E-state index is -0.422. The quantitative estimate of drug-likeness (QED) is 0.264. The van der Waals surface area contributed by atoms with Crippen LogP contribution < -0.4 is 20.8 Å². The number of aromatic nitrogens is 3. The molecule has 0 radical (unpaired) electrons. The lowest BCUT2D eigenvalue weighted by atomic mass is 9.91. The van der Waals surface area contributed by atoms with Crippen LogP contribution in [0, 0.1) is 0 Å². The lowest BCUT2D eigenvalue weighted by molar-refractivity contribution is 0.0924. The monoisotopic (exact) mass is 591 g/mol. The smallest absolute Gasteiger partial charge is 0.274 e. The summed E-state index contributed by atoms with van der Waals surface area (Å²) in [5.74, 6) is -0.0188. The average molecular weight is 592 g/mol. The second-order valence-electron chi connectivity index (χ2n) is 9.30. The van der Waals surface area contributed by atoms with Crippen molar-refractivity contribution in [1.82, 2.24) is 25.8 Å². The zero-order chi connectivity index (χ0) is 27.4. The van der Waals surface area contributed by atoms with Crippen LogP contribution in [0.2, 0.25) is 0 Å². The second-order valence-corrected chi connectivity index (χ2v) is 10.1. The van der Waals surface area contributed by atoms with Gasteiger partial charge in [0.2, 0.25) is 5.43 Å². The zero-order valence-electron chi connectivity index (χ0n) is 21.1. The van der Waals surface area contributed by atoms with Crippen LogP contribution in [0.4, 0.5) is 0 Å². The van der Waals surface area contributed by atoms with Crippen LogP contribution in [0.25, 0.3) is 0 Å². The molecule has 1 unspecified atom stereocenters. The summed E-state index contributed by atoms with van der Waals surface area (Å²) in [7, 11) is 0. The first-order valence-electron chi connectivity index (χ1n) is 12.5. The van der Waals surface area contributed by atoms with E-state index < -0.39 is 11.3 Å². The number of fused-ring (bicyclic) bond motifs is 1. The van der Waals surface area contributed by atoms with Crippen LogP contribution in [-0.4, -0.2) is 33.0 Å². The Morgan fingerprint density at radius 2 is 2.03 bits per heavy atom. The summed E-state index contributed by atoms with van der Waals surface area (Å²) < 4.78 is 11.7. The Morgan fingerprint density at radius 1 is 1.21 bits per heavy atom. The Bertz CT molecular complexity index is 1530. The van der Waals surface area contributed by atoms with Crippen molar-refractivity contribution >= 4 is 27.7 Å². The minimum Gasteiger partial charge on any atom is -0.483 e. The average Bonchev–Trinajstić information content (AvgIpc) is 3.36. The normalized spacial score (nSPS) is 15.2. The summed E-state index contributed by atoms with van der Waals surface area (Å²) in [5, 5.41) is 9.88. The maximum atomic E-state index is 13.0. The number of hydrogen-bond acceptors (Lipinski definition) is 7. The Hall–Kier alpha value is -4.25. The van der Waals surface area contributed by atoms with E-state index in [1.54, 1.807) is 6.20 Å². The van der Waals surface area contributed by atoms with Gasteiger partial charge in [0.25, 0.3) is 11.8 Å². The van der Waals surface area contributed by atoms with Gasteiger partial charge in [-0.1, -0.05) is 41.6 Å². The first-order chi connectivity index (χ1) is 18.9. The highest BCUT2D eigenvalue weighted by Gasteiger charge is 2.30. The number of H-pyrrole nitrogens is 1. The van der Waals surface area contributed by atoms with Crippen molar-refractivity contribution < 1.29 is 18.8 Å². The van der Waals surface area contributed by atoms with Gasteiger partial charge in [0.05, 0.1) is 6.04 Å². The molecular weight excluding hydrogens is 566 g/mol. The molecule has 1 aromatic carbocycles. The number of hydrogen-bond donors (Lipinski definition) is 3. The van der Waals surface area contributed by atoms with Gasteiger partial charge in [0.15, 0.2) is 11.4 Å². The molecule has 0 saturated carbocycles. The molecule has 2 amide bonds. The maximum absolute atomic E-state index is 13.0. The van der Waals surface area contributed by atoms with E-state index in [1.165, 1.54) is 12.3 Å². The maximum Gasteiger partial charge on any atom is 0.274 e. The number of aromatic amines is 1. The fourth-order valence-corrected chi connectivity index (χ4v) is 4.63. The van der Waals surface area contributed by atoms with Gasteiger partial charge in [0, 0.05) is 36.5 Å². The lowest BCUT2D eigenvalue weighted by Crippen LogP contribution is -2.40. The Kier molecular flexibility index (Phi) is 7.87. The van der Waals surface area contributed by atoms with Gasteiger partial charge >= 0.3 is 0 Å². The molecule has 5 rings (SSSR count). The van der Waals surface area contributed by atoms with Crippen LogP contribution in [0.3, 0.4) is 0 Å². The van der Waals surface area contributed by atoms with E-state index in [2.05, 4.69) is 41.7 Å². The number of carbonyl (C=O) groups excluding carboxylic acids is 2. The van der Waals surface area contributed by atoms with Gasteiger partial charge in [-0.3, -0.25) is 14.4 Å². The number of carbonyl (C=O) groups is 2. The molecule has 1 aliphatic rings. The van der Waals surface area contributed by atoms with Gasteiger partial charge in [0.1, 0.15) is 22.7 Å². The van der Waals surface area contributed by atoms with Crippen LogP contribution in [-0.2, 0) is 19.4 Å². The molecule has 0 fully saturated rings. The first-order valence-corrected chi connectivity index (χ1v) is 13.3. The molecule has 3 heterocycles. The number of rotatable bonds is 8. The number of amides is 2. The molecular formula is C28H26BrN5O5. The van der Waals surface area contributed by atoms with Gasteiger partial charge in [-0.2, -0.15) is 0 Å². The molecule has 3 N–H and O–H groups in total. The summed E-state index contributed by atoms with van der Waals surface area (Å²) >= 11 is 3.30. The summed E-state index contributed by atoms with van der Waals surface area (Å²) in [6.07, 6.45) is 4.59. The van der Waals surface area contributed by atoms with Crippen molar-refractivity contribution in [2.75, 3.05) is 0 Å². The third-order valence-corrected chi connectivity index (χ3v) is 7.02. The number of halogens is 1. The number of nitrogens with zero attached hydrogens (tertiary/aromatic N) is 2. The van der Waals surface area contributed by atoms with Crippen molar-refractivity contribution in [3.8, 4) is 5.75 Å². The summed E-state index contributed by atoms with van der Waals surface area (Å²) in [6.45, 7) is 2.10. The first kappa shape index (κ1) is 26.4. The van der Waals surface area contributed by atoms with Gasteiger partial charge in [-0.05, 0) is 52.9 Å². The molecule has 3 aromatic heterocycles. The number of aryl methyl sites for hydroxylation is 1. The van der Waals surface area contributed by atoms with Crippen molar-refractivity contribution in [1.29, 1.82) is 0 Å². The van der Waals surface area contributed by atoms with Gasteiger partial charge in [-0.15, -0.1) is 0 Å². The molecule has 11 heteroatoms. The van der Waals surface area contributed by atoms with E-state index in [-0.39, 0.29) is 41.7 Å². The van der Waals surface area contributed by atoms with Crippen molar-refractivity contribution in [2.45, 2.75) is 44.9 Å². The molecule has 39 heavy (non-hydrogen) atoms. The molecule has 0 spiro atoms. The van der Waals surface area contributed by atoms with Crippen LogP contribution in [0.5, 0.6) is 5.75 Å². The summed E-state index contributed by atoms with van der Waals surface area (Å²) in [5.41, 5.74) is 2.38. The molecule has 0 aliphatic heterocycles. The Labute approximate surface area is 232 Å². The Balaban J connectivity index is 1.20. The van der Waals surface area contributed by atoms with Crippen LogP contribution in [0.15, 0.2) is 74.8 Å². The standard InChI is InChI=1S/C28H26BrN5O5/c1-16(18-7-10-25(29)31-13-18)32-28(37)26-20-11-19(8-9-23(20)39-34-26)33-27(36)21-12-22(35)24(14-30-21)38-15-17-5-3-2-4-6-17/h2-7,10,12-14,16,19H,8-9,11,15H2,1H3,(H,30,35)(H,32,37)(H,33,36)/t16-,19?/m0/s1. The molecule has 10 nitrogen and oxygen atoms in total. The lowest BCUT2D eigenvalue weighted by Gasteiger charge is -2.22. The fourth-order valence-electron chi connectivity index (χ4n) is 4.40. The van der Waals surface area contributed by atoms with Crippen molar-refractivity contribution in [2.24, 2.45) is 0 Å². The van der Waals surface area contributed by atoms with Crippen LogP contribution in [0.1, 0.15) is 62.8 Å². The van der Waals surface area contributed by atoms with Crippen molar-refractivity contribution in [3.63, 3.8) is 0 Å². The molecule has 0 bridgehead atoms. The van der Waals surface area contributed by atoms with E-state index >= 15 is 0 Å². The highest BCUT2D eigenvalue weighted by Crippen LogP contribution is 2.25. The molecule has 0 saturated heterocycles. The third-order valence-electron chi connectivity index (χ3n) is 6.55. The number of nitrogens with one attached hydrogen (secondary N) is 3. The van der Waals surface area contributed by atoms with Gasteiger partial charge < -0.3 is 24.9 Å². The van der Waals surface area contributed by atoms with Crippen LogP contribution >= 0.6 is 15.9 Å². The van der Waals surface area contributed by atoms with E-state index in [0.29, 0.717) is 35.2 Å². The third kappa shape index (κ3) is 6.26. The highest BCUT2D eigenvalue weighted by atomic mass is 79.9. The predicted octanol–water partition coefficient (Wildman–Crippen LogP) is 3.88. The number of pyridine rings is 2. The molecule has 2 atom stereocenters. The van der Waals surface area contributed by atoms with Crippen molar-refractivity contribution in [3.05, 3.63) is 110 Å². The number of benzene rings is 1. The minimum absolute atomic E-state index is 0.123. The molecule has 4 aromatic rings. The zero-order valence-corrected chi connectivity index (χ0v) is 22.7. The Morgan fingerprint density at radius 3 is 2.77 bits per heavy atom. The second kappa shape index (κ2) is 11.6. The van der Waals surface area contributed by atoms with E-state index in [0.717, 1.165) is 11.1 Å². The SMILES string of the molecule is C[C@H](NC(=O)c1noc2c1CC(NC(=O)c1cc(=O)c(OCc3ccccc3)c[nH]1)CC2)c1ccc(Br)nc1. The topological polar surface area (TPSA) is 139 Å². The summed E-state index contributed by atoms with van der Waals surface area (Å²) in [6, 6.07) is 13.8. The van der Waals surface area contributed by atoms with E-state index in [9.17, 15) is 14.4 Å². The predicted molar refractivity (Wildman–Crippen MR) is 145 cm³/mol. The number of ether oxygens (including phenoxy) is 1. The largest absolute Gasteiger partial charge is 0.483 e. The molecule has 1 aliphatic carbocycles. The van der Waals surface area contributed by atoms with E-state index in [1.807, 2.05) is 49.4 Å².